The molecule has 1 aromatic rings. The molecular weight excluding hydrogens is 787 g/mol. The van der Waals surface area contributed by atoms with Gasteiger partial charge in [0.15, 0.2) is 0 Å². The van der Waals surface area contributed by atoms with Gasteiger partial charge in [-0.3, -0.25) is 9.69 Å². The second-order valence-electron chi connectivity index (χ2n) is 19.5. The van der Waals surface area contributed by atoms with Crippen LogP contribution in [0.5, 0.6) is 5.75 Å². The third-order valence-electron chi connectivity index (χ3n) is 16.6. The Morgan fingerprint density at radius 2 is 1.52 bits per heavy atom. The zero-order chi connectivity index (χ0) is 44.1. The van der Waals surface area contributed by atoms with E-state index in [4.69, 9.17) is 33.2 Å². The van der Waals surface area contributed by atoms with Gasteiger partial charge < -0.3 is 38.3 Å². The van der Waals surface area contributed by atoms with E-state index in [1.54, 1.807) is 52.7 Å². The first-order valence-electron chi connectivity index (χ1n) is 24.0. The van der Waals surface area contributed by atoms with E-state index in [-0.39, 0.29) is 60.2 Å². The van der Waals surface area contributed by atoms with Crippen molar-refractivity contribution in [3.05, 3.63) is 54.1 Å². The average Bonchev–Trinajstić information content (AvgIpc) is 3.66. The van der Waals surface area contributed by atoms with Crippen molar-refractivity contribution in [3.63, 3.8) is 0 Å². The first-order valence-corrected chi connectivity index (χ1v) is 24.0. The van der Waals surface area contributed by atoms with Gasteiger partial charge in [-0.05, 0) is 94.5 Å². The second kappa shape index (κ2) is 20.2. The van der Waals surface area contributed by atoms with E-state index in [0.29, 0.717) is 24.3 Å². The Balaban J connectivity index is 1.17. The van der Waals surface area contributed by atoms with Crippen molar-refractivity contribution in [1.29, 1.82) is 0 Å². The van der Waals surface area contributed by atoms with Crippen LogP contribution >= 0.6 is 0 Å². The molecule has 11 heteroatoms. The Morgan fingerprint density at radius 1 is 0.823 bits per heavy atom. The molecule has 5 saturated carbocycles. The van der Waals surface area contributed by atoms with Gasteiger partial charge >= 0.3 is 11.9 Å². The van der Waals surface area contributed by atoms with Crippen LogP contribution in [0.1, 0.15) is 127 Å². The van der Waals surface area contributed by atoms with Gasteiger partial charge in [-0.25, -0.2) is 4.79 Å². The Bertz CT molecular complexity index is 1720. The molecule has 0 unspecified atom stereocenters. The predicted molar refractivity (Wildman–Crippen MR) is 238 cm³/mol. The lowest BCUT2D eigenvalue weighted by atomic mass is 9.43. The highest BCUT2D eigenvalue weighted by atomic mass is 16.6. The monoisotopic (exact) mass is 864 g/mol. The highest BCUT2D eigenvalue weighted by Crippen LogP contribution is 2.80. The third kappa shape index (κ3) is 8.01. The SMILES string of the molecule is CCCCC/C=C\C/C=C\CCCCCCCC(=O)O[C@]12C[C@H](OC)[C@]3(O)C[C@H]([C@@H]1[C@H]3OC(=O)c1ccc(OC)cc1)[C@@]13[C@@H](OC)CC[C@@]4(COC)CN(CC)[C@@H]1[C@@H]2[C@H](OC)[C@H]43. The van der Waals surface area contributed by atoms with E-state index in [0.717, 1.165) is 70.9 Å². The summed E-state index contributed by atoms with van der Waals surface area (Å²) in [6.45, 7) is 6.63. The maximum absolute atomic E-state index is 14.6. The Labute approximate surface area is 371 Å². The second-order valence-corrected chi connectivity index (χ2v) is 19.5. The van der Waals surface area contributed by atoms with Crippen LogP contribution in [0.2, 0.25) is 0 Å². The zero-order valence-corrected chi connectivity index (χ0v) is 38.8. The van der Waals surface area contributed by atoms with Crippen LogP contribution in [-0.2, 0) is 33.2 Å². The number of rotatable bonds is 24. The first-order chi connectivity index (χ1) is 30.1. The summed E-state index contributed by atoms with van der Waals surface area (Å²) in [5.41, 5.74) is -3.11. The molecular formula is C51H77NO10. The van der Waals surface area contributed by atoms with Crippen molar-refractivity contribution < 1.29 is 47.9 Å². The summed E-state index contributed by atoms with van der Waals surface area (Å²) in [6.07, 6.45) is 21.6. The van der Waals surface area contributed by atoms with Gasteiger partial charge in [0.1, 0.15) is 23.1 Å². The van der Waals surface area contributed by atoms with Gasteiger partial charge in [0, 0.05) is 82.5 Å². The van der Waals surface area contributed by atoms with E-state index in [2.05, 4.69) is 43.1 Å². The van der Waals surface area contributed by atoms with Gasteiger partial charge in [0.2, 0.25) is 0 Å². The van der Waals surface area contributed by atoms with Crippen molar-refractivity contribution in [2.75, 3.05) is 55.2 Å². The van der Waals surface area contributed by atoms with Gasteiger partial charge in [0.25, 0.3) is 0 Å². The number of methoxy groups -OCH3 is 5. The smallest absolute Gasteiger partial charge is 0.338 e. The number of ether oxygens (including phenoxy) is 7. The lowest BCUT2D eigenvalue weighted by Crippen LogP contribution is -2.77. The standard InChI is InChI=1S/C51H77NO10/c1-8-10-11-12-13-14-15-16-17-18-19-20-21-22-23-24-40(53)62-50-32-39(59-6)49(55)31-37(41(50)46(49)61-47(54)35-25-27-36(57-4)28-26-35)51-38(58-5)29-30-48(34-56-3)33-52(9-2)45(51)42(50)43(60-7)44(48)51/h13-14,16-17,25-28,37-39,41-46,55H,8-12,15,18-24,29-34H2,1-7H3/b14-13-,17-16-/t37-,38+,39+,41-,42+,43+,44-,45-,46-,48+,49-,50-,51+/m1/s1. The molecule has 1 spiro atoms. The molecule has 62 heavy (non-hydrogen) atoms. The normalized spacial score (nSPS) is 37.9. The number of unbranched alkanes of at least 4 members (excludes halogenated alkanes) is 8. The summed E-state index contributed by atoms with van der Waals surface area (Å²) in [6, 6.07) is 6.75. The minimum atomic E-state index is -1.53. The third-order valence-corrected chi connectivity index (χ3v) is 16.6. The molecule has 11 nitrogen and oxygen atoms in total. The molecule has 1 saturated heterocycles. The molecule has 7 bridgehead atoms. The van der Waals surface area contributed by atoms with Crippen molar-refractivity contribution in [2.45, 2.75) is 158 Å². The molecule has 0 amide bonds. The van der Waals surface area contributed by atoms with Crippen LogP contribution in [0.15, 0.2) is 48.6 Å². The fourth-order valence-electron chi connectivity index (χ4n) is 14.5. The number of allylic oxidation sites excluding steroid dienone is 4. The topological polar surface area (TPSA) is 122 Å². The maximum atomic E-state index is 14.6. The highest BCUT2D eigenvalue weighted by molar-refractivity contribution is 5.89. The minimum Gasteiger partial charge on any atom is -0.497 e. The van der Waals surface area contributed by atoms with Crippen LogP contribution in [0, 0.1) is 34.5 Å². The van der Waals surface area contributed by atoms with Crippen LogP contribution in [-0.4, -0.2) is 119 Å². The van der Waals surface area contributed by atoms with Crippen LogP contribution in [0.4, 0.5) is 0 Å². The molecule has 346 valence electrons. The van der Waals surface area contributed by atoms with Gasteiger partial charge in [-0.1, -0.05) is 70.3 Å². The number of aliphatic hydroxyl groups is 1. The largest absolute Gasteiger partial charge is 0.497 e. The Hall–Kier alpha value is -2.80. The van der Waals surface area contributed by atoms with Crippen LogP contribution in [0.3, 0.4) is 0 Å². The molecule has 0 radical (unpaired) electrons. The highest BCUT2D eigenvalue weighted by Gasteiger charge is 2.90. The van der Waals surface area contributed by atoms with Crippen molar-refractivity contribution in [3.8, 4) is 5.75 Å². The van der Waals surface area contributed by atoms with Crippen LogP contribution < -0.4 is 4.74 Å². The minimum absolute atomic E-state index is 0.00855. The van der Waals surface area contributed by atoms with Gasteiger partial charge in [-0.15, -0.1) is 0 Å². The lowest BCUT2D eigenvalue weighted by Gasteiger charge is -2.69. The molecule has 1 heterocycles. The number of benzene rings is 1. The molecule has 1 N–H and O–H groups in total. The summed E-state index contributed by atoms with van der Waals surface area (Å²) in [7, 11) is 8.58. The molecule has 5 aliphatic carbocycles. The Morgan fingerprint density at radius 3 is 2.16 bits per heavy atom. The molecule has 6 aliphatic rings. The molecule has 0 aromatic heterocycles. The maximum Gasteiger partial charge on any atom is 0.338 e. The fourth-order valence-corrected chi connectivity index (χ4v) is 14.5. The quantitative estimate of drug-likeness (QED) is 0.0612. The van der Waals surface area contributed by atoms with Crippen molar-refractivity contribution >= 4 is 11.9 Å². The van der Waals surface area contributed by atoms with E-state index < -0.39 is 40.7 Å². The Kier molecular flexibility index (Phi) is 15.3. The average molecular weight is 864 g/mol. The molecule has 7 rings (SSSR count). The number of hydrogen-bond acceptors (Lipinski definition) is 11. The summed E-state index contributed by atoms with van der Waals surface area (Å²) in [5, 5.41) is 13.1. The molecule has 1 aliphatic heterocycles. The first kappa shape index (κ1) is 47.2. The number of esters is 2. The van der Waals surface area contributed by atoms with E-state index >= 15 is 0 Å². The van der Waals surface area contributed by atoms with Crippen molar-refractivity contribution in [1.82, 2.24) is 4.90 Å². The molecule has 1 aromatic carbocycles. The van der Waals surface area contributed by atoms with Crippen molar-refractivity contribution in [2.24, 2.45) is 34.5 Å². The number of carbonyl (C=O) groups is 2. The fraction of sp³-hybridized carbons (Fsp3) is 0.765. The van der Waals surface area contributed by atoms with Crippen LogP contribution in [0.25, 0.3) is 0 Å². The van der Waals surface area contributed by atoms with E-state index in [1.165, 1.54) is 25.7 Å². The lowest BCUT2D eigenvalue weighted by molar-refractivity contribution is -0.287. The number of fused-ring (bicyclic) bond motifs is 2. The number of hydrogen-bond donors (Lipinski definition) is 1. The summed E-state index contributed by atoms with van der Waals surface area (Å²) < 4.78 is 44.9. The van der Waals surface area contributed by atoms with Gasteiger partial charge in [0.05, 0.1) is 37.6 Å². The number of likely N-dealkylation sites (tertiary alicyclic amines) is 1. The molecule has 13 atom stereocenters. The van der Waals surface area contributed by atoms with E-state index in [1.807, 2.05) is 7.11 Å². The summed E-state index contributed by atoms with van der Waals surface area (Å²) in [4.78, 5) is 31.4. The summed E-state index contributed by atoms with van der Waals surface area (Å²) in [5.74, 6) is -1.25. The van der Waals surface area contributed by atoms with E-state index in [9.17, 15) is 14.7 Å². The predicted octanol–water partition coefficient (Wildman–Crippen LogP) is 8.51. The zero-order valence-electron chi connectivity index (χ0n) is 38.8. The number of piperidine rings is 1. The number of carbonyl (C=O) groups excluding carboxylic acids is 2. The number of nitrogens with zero attached hydrogens (tertiary/aromatic N) is 1. The van der Waals surface area contributed by atoms with Gasteiger partial charge in [-0.2, -0.15) is 0 Å². The summed E-state index contributed by atoms with van der Waals surface area (Å²) >= 11 is 0. The molecule has 6 fully saturated rings.